The molecule has 0 amide bonds. The zero-order chi connectivity index (χ0) is 13.6. The Hall–Kier alpha value is -1.92. The first-order valence-corrected chi connectivity index (χ1v) is 4.55. The second-order valence-electron chi connectivity index (χ2n) is 3.31. The van der Waals surface area contributed by atoms with Crippen LogP contribution in [0.3, 0.4) is 0 Å². The molecule has 0 atom stereocenters. The van der Waals surface area contributed by atoms with Crippen LogP contribution in [0.15, 0.2) is 23.8 Å². The fourth-order valence-corrected chi connectivity index (χ4v) is 0.662. The van der Waals surface area contributed by atoms with Crippen molar-refractivity contribution in [2.24, 2.45) is 0 Å². The lowest BCUT2D eigenvalue weighted by Crippen LogP contribution is -2.23. The number of halogens is 3. The van der Waals surface area contributed by atoms with Gasteiger partial charge in [-0.1, -0.05) is 0 Å². The predicted octanol–water partition coefficient (Wildman–Crippen LogP) is 2.64. The molecule has 4 nitrogen and oxygen atoms in total. The molecule has 0 heterocycles. The highest BCUT2D eigenvalue weighted by Gasteiger charge is 2.26. The van der Waals surface area contributed by atoms with Crippen molar-refractivity contribution in [3.8, 4) is 0 Å². The number of rotatable bonds is 6. The lowest BCUT2D eigenvalue weighted by Gasteiger charge is -2.09. The molecule has 7 heteroatoms. The van der Waals surface area contributed by atoms with Crippen LogP contribution in [-0.4, -0.2) is 23.6 Å². The second kappa shape index (κ2) is 5.97. The van der Waals surface area contributed by atoms with E-state index in [1.165, 1.54) is 6.92 Å². The average Bonchev–Trinajstić information content (AvgIpc) is 2.21. The van der Waals surface area contributed by atoms with Crippen LogP contribution >= 0.6 is 0 Å². The maximum absolute atomic E-state index is 12.9. The van der Waals surface area contributed by atoms with Crippen LogP contribution in [0.2, 0.25) is 0 Å². The highest BCUT2D eigenvalue weighted by atomic mass is 19.3. The van der Waals surface area contributed by atoms with Crippen molar-refractivity contribution < 1.29 is 13.2 Å². The molecule has 0 rings (SSSR count). The summed E-state index contributed by atoms with van der Waals surface area (Å²) in [6, 6.07) is 0. The molecule has 0 radical (unpaired) electrons. The van der Waals surface area contributed by atoms with Crippen LogP contribution in [-0.2, 0) is 0 Å². The van der Waals surface area contributed by atoms with Crippen molar-refractivity contribution in [3.63, 3.8) is 0 Å². The molecule has 0 saturated heterocycles. The number of nitrogens with one attached hydrogen (secondary N) is 4. The average molecular weight is 246 g/mol. The van der Waals surface area contributed by atoms with Crippen LogP contribution < -0.4 is 5.32 Å². The highest BCUT2D eigenvalue weighted by Crippen LogP contribution is 2.14. The first kappa shape index (κ1) is 15.1. The Kier molecular flexibility index (Phi) is 5.30. The molecular weight excluding hydrogens is 233 g/mol. The third kappa shape index (κ3) is 5.64. The van der Waals surface area contributed by atoms with Crippen LogP contribution in [0.4, 0.5) is 13.2 Å². The standard InChI is InChI=1S/C10H13F3N4/c1-6(15)8(11)5-17-7(4-14)3-9(16)10(2,12)13/h3-5,14-17H,1-2H3/b7-3+,8-5+,14-4?,15-6?,16-9?. The molecule has 0 aromatic rings. The van der Waals surface area contributed by atoms with E-state index in [9.17, 15) is 13.2 Å². The smallest absolute Gasteiger partial charge is 0.286 e. The van der Waals surface area contributed by atoms with E-state index >= 15 is 0 Å². The van der Waals surface area contributed by atoms with Crippen molar-refractivity contribution >= 4 is 17.6 Å². The summed E-state index contributed by atoms with van der Waals surface area (Å²) < 4.78 is 38.2. The Balaban J connectivity index is 4.83. The van der Waals surface area contributed by atoms with Gasteiger partial charge in [0, 0.05) is 19.3 Å². The number of alkyl halides is 2. The zero-order valence-corrected chi connectivity index (χ0v) is 9.37. The van der Waals surface area contributed by atoms with Crippen LogP contribution in [0.25, 0.3) is 0 Å². The van der Waals surface area contributed by atoms with Gasteiger partial charge >= 0.3 is 0 Å². The van der Waals surface area contributed by atoms with Crippen molar-refractivity contribution in [2.45, 2.75) is 19.8 Å². The van der Waals surface area contributed by atoms with Gasteiger partial charge in [0.2, 0.25) is 0 Å². The van der Waals surface area contributed by atoms with E-state index in [0.29, 0.717) is 13.1 Å². The third-order valence-corrected chi connectivity index (χ3v) is 1.65. The van der Waals surface area contributed by atoms with E-state index in [0.717, 1.165) is 12.3 Å². The molecule has 0 bridgehead atoms. The molecule has 0 aliphatic heterocycles. The van der Waals surface area contributed by atoms with Gasteiger partial charge in [-0.15, -0.1) is 0 Å². The van der Waals surface area contributed by atoms with Gasteiger partial charge in [-0.2, -0.15) is 8.78 Å². The van der Waals surface area contributed by atoms with Gasteiger partial charge < -0.3 is 16.1 Å². The Labute approximate surface area is 96.7 Å². The first-order valence-electron chi connectivity index (χ1n) is 4.55. The highest BCUT2D eigenvalue weighted by molar-refractivity contribution is 6.01. The van der Waals surface area contributed by atoms with E-state index in [1.807, 2.05) is 0 Å². The second-order valence-corrected chi connectivity index (χ2v) is 3.31. The quantitative estimate of drug-likeness (QED) is 0.534. The molecular formula is C10H13F3N4. The number of hydrogen-bond donors (Lipinski definition) is 4. The molecule has 0 aromatic heterocycles. The van der Waals surface area contributed by atoms with Gasteiger partial charge in [-0.3, -0.25) is 5.41 Å². The maximum Gasteiger partial charge on any atom is 0.286 e. The van der Waals surface area contributed by atoms with Gasteiger partial charge in [-0.25, -0.2) is 4.39 Å². The van der Waals surface area contributed by atoms with Crippen LogP contribution in [0.1, 0.15) is 13.8 Å². The summed E-state index contributed by atoms with van der Waals surface area (Å²) in [5, 5.41) is 23.1. The molecule has 17 heavy (non-hydrogen) atoms. The molecule has 0 spiro atoms. The molecule has 0 fully saturated rings. The minimum absolute atomic E-state index is 0.173. The van der Waals surface area contributed by atoms with E-state index in [-0.39, 0.29) is 11.4 Å². The Morgan fingerprint density at radius 3 is 2.18 bits per heavy atom. The van der Waals surface area contributed by atoms with Gasteiger partial charge in [-0.05, 0) is 13.0 Å². The summed E-state index contributed by atoms with van der Waals surface area (Å²) in [5.41, 5.74) is -1.51. The third-order valence-electron chi connectivity index (χ3n) is 1.65. The van der Waals surface area contributed by atoms with Gasteiger partial charge in [0.25, 0.3) is 5.92 Å². The summed E-state index contributed by atoms with van der Waals surface area (Å²) in [6.07, 6.45) is 2.15. The molecule has 0 unspecified atom stereocenters. The fraction of sp³-hybridized carbons (Fsp3) is 0.300. The van der Waals surface area contributed by atoms with E-state index < -0.39 is 17.5 Å². The fourth-order valence-electron chi connectivity index (χ4n) is 0.662. The summed E-state index contributed by atoms with van der Waals surface area (Å²) in [6.45, 7) is 1.76. The largest absolute Gasteiger partial charge is 0.358 e. The van der Waals surface area contributed by atoms with Crippen molar-refractivity contribution in [2.75, 3.05) is 0 Å². The topological polar surface area (TPSA) is 83.6 Å². The van der Waals surface area contributed by atoms with Gasteiger partial charge in [0.05, 0.1) is 11.4 Å². The van der Waals surface area contributed by atoms with Gasteiger partial charge in [0.1, 0.15) is 5.71 Å². The monoisotopic (exact) mass is 246 g/mol. The minimum Gasteiger partial charge on any atom is -0.358 e. The van der Waals surface area contributed by atoms with Crippen LogP contribution in [0.5, 0.6) is 0 Å². The zero-order valence-electron chi connectivity index (χ0n) is 9.37. The van der Waals surface area contributed by atoms with Crippen molar-refractivity contribution in [1.82, 2.24) is 5.32 Å². The summed E-state index contributed by atoms with van der Waals surface area (Å²) in [5.74, 6) is -4.21. The van der Waals surface area contributed by atoms with E-state index in [2.05, 4.69) is 5.32 Å². The van der Waals surface area contributed by atoms with Crippen molar-refractivity contribution in [1.29, 1.82) is 16.2 Å². The molecule has 0 saturated carbocycles. The lowest BCUT2D eigenvalue weighted by molar-refractivity contribution is 0.101. The van der Waals surface area contributed by atoms with E-state index in [1.54, 1.807) is 0 Å². The first-order chi connectivity index (χ1) is 7.68. The number of hydrogen-bond acceptors (Lipinski definition) is 4. The molecule has 0 aliphatic rings. The van der Waals surface area contributed by atoms with Gasteiger partial charge in [0.15, 0.2) is 5.83 Å². The van der Waals surface area contributed by atoms with E-state index in [4.69, 9.17) is 16.2 Å². The summed E-state index contributed by atoms with van der Waals surface area (Å²) in [4.78, 5) is 0. The Morgan fingerprint density at radius 2 is 1.82 bits per heavy atom. The normalized spacial score (nSPS) is 13.2. The summed E-state index contributed by atoms with van der Waals surface area (Å²) >= 11 is 0. The molecule has 0 aromatic carbocycles. The summed E-state index contributed by atoms with van der Waals surface area (Å²) in [7, 11) is 0. The van der Waals surface area contributed by atoms with Crippen molar-refractivity contribution in [3.05, 3.63) is 23.8 Å². The molecule has 0 aliphatic carbocycles. The van der Waals surface area contributed by atoms with Crippen LogP contribution in [0, 0.1) is 16.2 Å². The molecule has 94 valence electrons. The Bertz CT molecular complexity index is 391. The Morgan fingerprint density at radius 1 is 1.29 bits per heavy atom. The maximum atomic E-state index is 12.9. The lowest BCUT2D eigenvalue weighted by atomic mass is 10.2. The predicted molar refractivity (Wildman–Crippen MR) is 60.9 cm³/mol. The minimum atomic E-state index is -3.32. The number of allylic oxidation sites excluding steroid dienone is 3. The molecule has 4 N–H and O–H groups in total. The SMILES string of the molecule is CC(=N)/C(F)=C\N/C(C=N)=C/C(=N)C(C)(F)F.